The zero-order valence-corrected chi connectivity index (χ0v) is 56.9. The lowest BCUT2D eigenvalue weighted by Crippen LogP contribution is -2.30. The van der Waals surface area contributed by atoms with Crippen molar-refractivity contribution in [2.24, 2.45) is 17.8 Å². The second-order valence-electron chi connectivity index (χ2n) is 25.1. The maximum atomic E-state index is 13.0. The van der Waals surface area contributed by atoms with Gasteiger partial charge in [-0.15, -0.1) is 0 Å². The minimum Gasteiger partial charge on any atom is -0.462 e. The highest BCUT2D eigenvalue weighted by Crippen LogP contribution is 2.45. The number of esters is 4. The fourth-order valence-electron chi connectivity index (χ4n) is 9.80. The number of carbonyl (C=O) groups is 4. The van der Waals surface area contributed by atoms with Crippen LogP contribution in [0, 0.1) is 17.8 Å². The van der Waals surface area contributed by atoms with Crippen molar-refractivity contribution in [1.29, 1.82) is 0 Å². The normalized spacial score (nSPS) is 14.6. The largest absolute Gasteiger partial charge is 0.472 e. The first-order valence-electron chi connectivity index (χ1n) is 34.4. The molecule has 0 aliphatic heterocycles. The van der Waals surface area contributed by atoms with E-state index in [0.29, 0.717) is 31.6 Å². The van der Waals surface area contributed by atoms with Crippen LogP contribution in [0.25, 0.3) is 0 Å². The Balaban J connectivity index is 5.23. The molecule has 0 bridgehead atoms. The number of carbonyl (C=O) groups excluding carboxylic acids is 4. The minimum atomic E-state index is -4.95. The molecule has 0 heterocycles. The second-order valence-corrected chi connectivity index (χ2v) is 28.0. The van der Waals surface area contributed by atoms with E-state index in [1.54, 1.807) is 0 Å². The smallest absolute Gasteiger partial charge is 0.462 e. The van der Waals surface area contributed by atoms with Crippen LogP contribution in [0.4, 0.5) is 0 Å². The number of hydrogen-bond donors (Lipinski definition) is 3. The van der Waals surface area contributed by atoms with E-state index in [-0.39, 0.29) is 25.7 Å². The van der Waals surface area contributed by atoms with Crippen molar-refractivity contribution in [2.45, 2.75) is 343 Å². The van der Waals surface area contributed by atoms with Gasteiger partial charge in [-0.05, 0) is 43.4 Å². The Morgan fingerprint density at radius 1 is 0.341 bits per heavy atom. The number of phosphoric acid groups is 2. The van der Waals surface area contributed by atoms with Crippen molar-refractivity contribution < 1.29 is 80.2 Å². The van der Waals surface area contributed by atoms with Crippen LogP contribution in [-0.4, -0.2) is 96.7 Å². The number of unbranched alkanes of at least 4 members (excludes halogenated alkanes) is 31. The van der Waals surface area contributed by atoms with Gasteiger partial charge in [-0.25, -0.2) is 9.13 Å². The van der Waals surface area contributed by atoms with E-state index in [4.69, 9.17) is 37.0 Å². The Bertz CT molecular complexity index is 1680. The molecule has 0 aromatic rings. The maximum absolute atomic E-state index is 13.0. The van der Waals surface area contributed by atoms with Gasteiger partial charge in [0.25, 0.3) is 0 Å². The van der Waals surface area contributed by atoms with Crippen molar-refractivity contribution in [2.75, 3.05) is 39.6 Å². The van der Waals surface area contributed by atoms with Crippen LogP contribution in [0.15, 0.2) is 0 Å². The van der Waals surface area contributed by atoms with E-state index in [0.717, 1.165) is 108 Å². The Hall–Kier alpha value is -1.94. The molecule has 0 fully saturated rings. The molecule has 85 heavy (non-hydrogen) atoms. The predicted octanol–water partition coefficient (Wildman–Crippen LogP) is 18.3. The molecule has 504 valence electrons. The SMILES string of the molecule is CCCCCCCCCCC(=O)OC[C@H](COP(=O)(O)OC[C@H](O)COP(=O)(O)OC[C@@H](COC(=O)CCCCCCCCCCCCC(C)CC)OC(=O)CCCCCCCCCCCCCC(C)C)OC(=O)CCCCCCCCC(C)C. The average Bonchev–Trinajstić information content (AvgIpc) is 3.62. The van der Waals surface area contributed by atoms with Gasteiger partial charge in [0.1, 0.15) is 19.3 Å². The highest BCUT2D eigenvalue weighted by Gasteiger charge is 2.30. The highest BCUT2D eigenvalue weighted by atomic mass is 31.2. The van der Waals surface area contributed by atoms with Gasteiger partial charge in [0.05, 0.1) is 26.4 Å². The molecule has 3 N–H and O–H groups in total. The second kappa shape index (κ2) is 57.2. The third-order valence-corrected chi connectivity index (χ3v) is 17.4. The lowest BCUT2D eigenvalue weighted by atomic mass is 9.99. The summed E-state index contributed by atoms with van der Waals surface area (Å²) in [5.41, 5.74) is 0. The summed E-state index contributed by atoms with van der Waals surface area (Å²) < 4.78 is 68.0. The van der Waals surface area contributed by atoms with Gasteiger partial charge in [-0.2, -0.15) is 0 Å². The lowest BCUT2D eigenvalue weighted by Gasteiger charge is -2.21. The fraction of sp³-hybridized carbons (Fsp3) is 0.939. The molecule has 19 heteroatoms. The molecule has 3 unspecified atom stereocenters. The Labute approximate surface area is 517 Å². The van der Waals surface area contributed by atoms with Gasteiger partial charge in [0, 0.05) is 25.7 Å². The summed E-state index contributed by atoms with van der Waals surface area (Å²) in [4.78, 5) is 72.2. The summed E-state index contributed by atoms with van der Waals surface area (Å²) >= 11 is 0. The van der Waals surface area contributed by atoms with E-state index >= 15 is 0 Å². The van der Waals surface area contributed by atoms with Crippen molar-refractivity contribution in [3.8, 4) is 0 Å². The molecule has 6 atom stereocenters. The van der Waals surface area contributed by atoms with Crippen LogP contribution in [0.2, 0.25) is 0 Å². The zero-order chi connectivity index (χ0) is 63.1. The van der Waals surface area contributed by atoms with Gasteiger partial charge in [0.2, 0.25) is 0 Å². The molecule has 0 aromatic carbocycles. The summed E-state index contributed by atoms with van der Waals surface area (Å²) in [5.74, 6) is 0.106. The average molecular weight is 1260 g/mol. The highest BCUT2D eigenvalue weighted by molar-refractivity contribution is 7.47. The zero-order valence-electron chi connectivity index (χ0n) is 55.1. The van der Waals surface area contributed by atoms with E-state index in [1.807, 2.05) is 0 Å². The first-order chi connectivity index (χ1) is 40.8. The molecule has 17 nitrogen and oxygen atoms in total. The van der Waals surface area contributed by atoms with Crippen molar-refractivity contribution in [3.63, 3.8) is 0 Å². The fourth-order valence-corrected chi connectivity index (χ4v) is 11.4. The standard InChI is InChI=1S/C66H128O17P2/c1-8-10-11-12-13-25-33-40-47-63(68)76-54-62(83-66(71)50-43-36-29-28-31-38-45-58(5)6)56-81-85(74,75)79-52-60(67)51-78-84(72,73)80-55-61(82-65(70)49-42-35-27-22-16-14-15-19-23-30-37-44-57(3)4)53-77-64(69)48-41-34-26-21-18-17-20-24-32-39-46-59(7)9-2/h57-62,67H,8-56H2,1-7H3,(H,72,73)(H,74,75)/t59?,60-,61-,62-/m1/s1. The molecule has 0 spiro atoms. The number of aliphatic hydroxyl groups excluding tert-OH is 1. The molecular formula is C66H128O17P2. The van der Waals surface area contributed by atoms with Gasteiger partial charge in [-0.3, -0.25) is 37.3 Å². The summed E-state index contributed by atoms with van der Waals surface area (Å²) in [5, 5.41) is 10.5. The van der Waals surface area contributed by atoms with Gasteiger partial charge in [-0.1, -0.05) is 273 Å². The maximum Gasteiger partial charge on any atom is 0.472 e. The third-order valence-electron chi connectivity index (χ3n) is 15.5. The monoisotopic (exact) mass is 1250 g/mol. The van der Waals surface area contributed by atoms with Gasteiger partial charge >= 0.3 is 39.5 Å². The van der Waals surface area contributed by atoms with Crippen LogP contribution in [0.5, 0.6) is 0 Å². The first-order valence-corrected chi connectivity index (χ1v) is 37.4. The minimum absolute atomic E-state index is 0.102. The Morgan fingerprint density at radius 2 is 0.600 bits per heavy atom. The van der Waals surface area contributed by atoms with Crippen molar-refractivity contribution >= 4 is 39.5 Å². The molecule has 0 aliphatic rings. The van der Waals surface area contributed by atoms with Crippen LogP contribution < -0.4 is 0 Å². The molecule has 0 saturated heterocycles. The van der Waals surface area contributed by atoms with Crippen LogP contribution in [-0.2, 0) is 65.4 Å². The first kappa shape index (κ1) is 83.1. The quantitative estimate of drug-likeness (QED) is 0.0222. The van der Waals surface area contributed by atoms with E-state index in [1.165, 1.54) is 128 Å². The number of ether oxygens (including phenoxy) is 4. The molecule has 0 saturated carbocycles. The number of rotatable bonds is 64. The Morgan fingerprint density at radius 3 is 0.894 bits per heavy atom. The van der Waals surface area contributed by atoms with E-state index in [9.17, 15) is 43.2 Å². The molecule has 0 rings (SSSR count). The summed E-state index contributed by atoms with van der Waals surface area (Å²) in [7, 11) is -9.89. The van der Waals surface area contributed by atoms with E-state index in [2.05, 4.69) is 48.5 Å². The third kappa shape index (κ3) is 59.5. The van der Waals surface area contributed by atoms with Crippen molar-refractivity contribution in [1.82, 2.24) is 0 Å². The van der Waals surface area contributed by atoms with Crippen LogP contribution in [0.3, 0.4) is 0 Å². The summed E-state index contributed by atoms with van der Waals surface area (Å²) in [6, 6.07) is 0. The van der Waals surface area contributed by atoms with Crippen LogP contribution >= 0.6 is 15.6 Å². The lowest BCUT2D eigenvalue weighted by molar-refractivity contribution is -0.161. The van der Waals surface area contributed by atoms with Crippen molar-refractivity contribution in [3.05, 3.63) is 0 Å². The van der Waals surface area contributed by atoms with E-state index < -0.39 is 97.5 Å². The molecule has 0 aliphatic carbocycles. The summed E-state index contributed by atoms with van der Waals surface area (Å²) in [6.45, 7) is 11.7. The predicted molar refractivity (Wildman–Crippen MR) is 340 cm³/mol. The summed E-state index contributed by atoms with van der Waals surface area (Å²) in [6.07, 6.45) is 39.1. The van der Waals surface area contributed by atoms with Gasteiger partial charge < -0.3 is 33.8 Å². The molecule has 0 radical (unpaired) electrons. The number of phosphoric ester groups is 2. The molecular weight excluding hydrogens is 1130 g/mol. The van der Waals surface area contributed by atoms with Gasteiger partial charge in [0.15, 0.2) is 12.2 Å². The topological polar surface area (TPSA) is 237 Å². The molecule has 0 amide bonds. The Kier molecular flexibility index (Phi) is 55.9. The number of hydrogen-bond acceptors (Lipinski definition) is 15. The van der Waals surface area contributed by atoms with Crippen LogP contribution in [0.1, 0.15) is 325 Å². The molecule has 0 aromatic heterocycles. The number of aliphatic hydroxyl groups is 1.